The summed E-state index contributed by atoms with van der Waals surface area (Å²) >= 11 is 0. The summed E-state index contributed by atoms with van der Waals surface area (Å²) < 4.78 is 88.4. The summed E-state index contributed by atoms with van der Waals surface area (Å²) in [5.41, 5.74) is 7.33. The molecule has 2 atom stereocenters. The topological polar surface area (TPSA) is 204 Å². The molecule has 9 rings (SSSR count). The van der Waals surface area contributed by atoms with Crippen LogP contribution < -0.4 is 67.5 Å². The predicted octanol–water partition coefficient (Wildman–Crippen LogP) is 31.6. The highest BCUT2D eigenvalue weighted by molar-refractivity contribution is 5.89. The molecule has 0 fully saturated rings. The number of carbonyl (C=O) groups excluding carboxylic acids is 3. The van der Waals surface area contributed by atoms with E-state index in [9.17, 15) is 14.4 Å². The zero-order chi connectivity index (χ0) is 99.6. The first-order chi connectivity index (χ1) is 69.0. The maximum atomic E-state index is 13.5. The van der Waals surface area contributed by atoms with Crippen LogP contribution in [0.15, 0.2) is 200 Å². The van der Waals surface area contributed by atoms with Gasteiger partial charge < -0.3 is 76.9 Å². The molecule has 2 amide bonds. The van der Waals surface area contributed by atoms with Gasteiger partial charge >= 0.3 is 12.1 Å². The largest absolute Gasteiger partial charge is 0.494 e. The van der Waals surface area contributed by atoms with E-state index < -0.39 is 35.7 Å². The van der Waals surface area contributed by atoms with Crippen molar-refractivity contribution < 1.29 is 80.7 Å². The third kappa shape index (κ3) is 48.9. The van der Waals surface area contributed by atoms with Crippen molar-refractivity contribution >= 4 is 18.0 Å². The van der Waals surface area contributed by atoms with Gasteiger partial charge in [0.1, 0.15) is 117 Å². The van der Waals surface area contributed by atoms with Crippen molar-refractivity contribution in [3.05, 3.63) is 250 Å². The van der Waals surface area contributed by atoms with Crippen molar-refractivity contribution in [2.24, 2.45) is 0 Å². The molecule has 19 nitrogen and oxygen atoms in total. The molecule has 0 heterocycles. The zero-order valence-corrected chi connectivity index (χ0v) is 87.1. The lowest BCUT2D eigenvalue weighted by atomic mass is 10.0. The van der Waals surface area contributed by atoms with E-state index >= 15 is 0 Å². The number of hydrogen-bond donors (Lipinski definition) is 2. The molecular formula is C122H170N2O17. The Morgan fingerprint density at radius 1 is 0.248 bits per heavy atom. The van der Waals surface area contributed by atoms with Gasteiger partial charge in [-0.15, -0.1) is 0 Å². The molecule has 0 radical (unpaired) electrons. The van der Waals surface area contributed by atoms with Crippen LogP contribution in [0.1, 0.15) is 362 Å². The van der Waals surface area contributed by atoms with Gasteiger partial charge in [-0.2, -0.15) is 0 Å². The Hall–Kier alpha value is -11.2. The van der Waals surface area contributed by atoms with E-state index in [0.29, 0.717) is 98.9 Å². The molecule has 9 aromatic rings. The lowest BCUT2D eigenvalue weighted by molar-refractivity contribution is -0.144. The van der Waals surface area contributed by atoms with Gasteiger partial charge in [0, 0.05) is 12.5 Å². The summed E-state index contributed by atoms with van der Waals surface area (Å²) in [6, 6.07) is 63.5. The minimum absolute atomic E-state index is 0.109. The molecule has 0 aliphatic carbocycles. The standard InChI is InChI=1S/C122H170N2O17/c1-10-14-18-22-26-30-34-38-42-46-78-129-106-66-52-99(53-67-106)89-137-115-76-62-103(85-117(115)139-91-101-56-70-108(71-57-101)131-80-48-44-40-36-32-28-24-20-16-12-3)93-135-112-82-105(95-134-111-74-60-98(61-75-111)88-133-110-64-50-97(51-65-110)84-114(124-121(127)141-122(6,7)8)119(125)123-96(5)120(126)128-9)83-113(87-112)136-94-104-63-77-116(138-90-100-54-68-107(69-55-100)130-79-47-43-39-35-31-27-23-19-15-11-2)118(86-104)140-92-102-58-72-109(73-59-102)132-81-49-45-41-37-33-29-25-21-17-13-4/h50-77,82-83,85-87,96,114H,10-49,78-81,84,88-95H2,1-9H3,(H,123,125)(H,124,127)/t96-,114-/m0/s1. The number of alkyl carbamates (subject to hydrolysis) is 1. The number of esters is 1. The van der Waals surface area contributed by atoms with Crippen molar-refractivity contribution in [3.63, 3.8) is 0 Å². The summed E-state index contributed by atoms with van der Waals surface area (Å²) in [5, 5.41) is 5.30. The number of hydrogen-bond acceptors (Lipinski definition) is 17. The summed E-state index contributed by atoms with van der Waals surface area (Å²) in [7, 11) is 1.24. The van der Waals surface area contributed by atoms with Gasteiger partial charge in [0.25, 0.3) is 0 Å². The Balaban J connectivity index is 0.906. The third-order valence-corrected chi connectivity index (χ3v) is 25.1. The Bertz CT molecular complexity index is 4610. The highest BCUT2D eigenvalue weighted by Gasteiger charge is 2.28. The quantitative estimate of drug-likeness (QED) is 0.0269. The van der Waals surface area contributed by atoms with Crippen LogP contribution in [0.3, 0.4) is 0 Å². The zero-order valence-electron chi connectivity index (χ0n) is 87.1. The van der Waals surface area contributed by atoms with Crippen LogP contribution >= 0.6 is 0 Å². The fourth-order valence-corrected chi connectivity index (χ4v) is 16.6. The molecule has 0 aromatic heterocycles. The van der Waals surface area contributed by atoms with Crippen LogP contribution in [0, 0.1) is 0 Å². The number of benzene rings is 9. The smallest absolute Gasteiger partial charge is 0.408 e. The SMILES string of the molecule is CCCCCCCCCCCCOc1ccc(COc2ccc(COc3cc(COc4ccc(COc5ccc(C[C@H](NC(=O)OC(C)(C)C)C(=O)N[C@@H](C)C(=O)OC)cc5)cc4)cc(OCc4ccc(OCc5ccc(OCCCCCCCCCCCC)cc5)c(OCc5ccc(OCCCCCCCCCCCC)cc5)c4)c3)cc2OCc2ccc(OCCCCCCCCCCCC)cc2)cc1. The van der Waals surface area contributed by atoms with Gasteiger partial charge in [-0.1, -0.05) is 344 Å². The average Bonchev–Trinajstić information content (AvgIpc) is 0.833. The van der Waals surface area contributed by atoms with E-state index in [1.807, 2.05) is 140 Å². The first kappa shape index (κ1) is 113. The number of amides is 2. The lowest BCUT2D eigenvalue weighted by Gasteiger charge is -2.24. The monoisotopic (exact) mass is 1940 g/mol. The van der Waals surface area contributed by atoms with Crippen molar-refractivity contribution in [2.45, 2.75) is 389 Å². The van der Waals surface area contributed by atoms with Gasteiger partial charge in [-0.05, 0) is 213 Å². The number of carbonyl (C=O) groups is 3. The second-order valence-corrected chi connectivity index (χ2v) is 38.8. The summed E-state index contributed by atoms with van der Waals surface area (Å²) in [5.74, 6) is 6.92. The van der Waals surface area contributed by atoms with Gasteiger partial charge in [-0.3, -0.25) is 4.79 Å². The molecule has 0 spiro atoms. The maximum Gasteiger partial charge on any atom is 0.408 e. The summed E-state index contributed by atoms with van der Waals surface area (Å²) in [4.78, 5) is 38.6. The molecule has 9 aromatic carbocycles. The van der Waals surface area contributed by atoms with Crippen LogP contribution in [0.5, 0.6) is 69.0 Å². The molecule has 0 saturated heterocycles. The van der Waals surface area contributed by atoms with Gasteiger partial charge in [-0.25, -0.2) is 9.59 Å². The van der Waals surface area contributed by atoms with Crippen molar-refractivity contribution in [3.8, 4) is 69.0 Å². The van der Waals surface area contributed by atoms with Crippen LogP contribution in [-0.2, 0) is 78.3 Å². The Kier molecular flexibility index (Phi) is 55.4. The molecule has 770 valence electrons. The molecule has 0 saturated carbocycles. The van der Waals surface area contributed by atoms with E-state index in [0.717, 1.165) is 98.8 Å². The molecule has 141 heavy (non-hydrogen) atoms. The van der Waals surface area contributed by atoms with Crippen LogP contribution in [0.4, 0.5) is 4.79 Å². The number of ether oxygens (including phenoxy) is 14. The Labute approximate surface area is 846 Å². The van der Waals surface area contributed by atoms with Crippen LogP contribution in [0.25, 0.3) is 0 Å². The first-order valence-corrected chi connectivity index (χ1v) is 53.8. The van der Waals surface area contributed by atoms with Gasteiger partial charge in [0.05, 0.1) is 33.5 Å². The normalized spacial score (nSPS) is 11.7. The second kappa shape index (κ2) is 68.8. The number of nitrogens with one attached hydrogen (secondary N) is 2. The molecule has 0 bridgehead atoms. The molecule has 0 aliphatic heterocycles. The number of unbranched alkanes of at least 4 members (excludes halogenated alkanes) is 36. The van der Waals surface area contributed by atoms with E-state index in [4.69, 9.17) is 66.3 Å². The minimum atomic E-state index is -1.06. The van der Waals surface area contributed by atoms with E-state index in [2.05, 4.69) is 86.9 Å². The first-order valence-electron chi connectivity index (χ1n) is 53.8. The predicted molar refractivity (Wildman–Crippen MR) is 568 cm³/mol. The van der Waals surface area contributed by atoms with Crippen molar-refractivity contribution in [2.75, 3.05) is 33.5 Å². The van der Waals surface area contributed by atoms with E-state index in [1.165, 1.54) is 245 Å². The van der Waals surface area contributed by atoms with Crippen molar-refractivity contribution in [1.82, 2.24) is 10.6 Å². The summed E-state index contributed by atoms with van der Waals surface area (Å²) in [6.45, 7) is 20.6. The Morgan fingerprint density at radius 3 is 0.780 bits per heavy atom. The summed E-state index contributed by atoms with van der Waals surface area (Å²) in [6.07, 6.45) is 50.5. The Morgan fingerprint density at radius 2 is 0.489 bits per heavy atom. The average molecular weight is 1940 g/mol. The third-order valence-electron chi connectivity index (χ3n) is 25.1. The molecule has 2 N–H and O–H groups in total. The highest BCUT2D eigenvalue weighted by atomic mass is 16.6. The molecular weight excluding hydrogens is 1770 g/mol. The van der Waals surface area contributed by atoms with E-state index in [-0.39, 0.29) is 32.8 Å². The minimum Gasteiger partial charge on any atom is -0.494 e. The van der Waals surface area contributed by atoms with Gasteiger partial charge in [0.2, 0.25) is 5.91 Å². The molecule has 0 aliphatic rings. The van der Waals surface area contributed by atoms with Crippen molar-refractivity contribution in [1.29, 1.82) is 0 Å². The number of methoxy groups -OCH3 is 1. The lowest BCUT2D eigenvalue weighted by Crippen LogP contribution is -2.52. The maximum absolute atomic E-state index is 13.5. The molecule has 19 heteroatoms. The van der Waals surface area contributed by atoms with Crippen LogP contribution in [0.2, 0.25) is 0 Å². The number of rotatable bonds is 78. The fraction of sp³-hybridized carbons (Fsp3) is 0.533. The van der Waals surface area contributed by atoms with E-state index in [1.54, 1.807) is 32.9 Å². The van der Waals surface area contributed by atoms with Crippen LogP contribution in [-0.4, -0.2) is 69.2 Å². The fourth-order valence-electron chi connectivity index (χ4n) is 16.6. The van der Waals surface area contributed by atoms with Gasteiger partial charge in [0.15, 0.2) is 23.0 Å². The molecule has 0 unspecified atom stereocenters. The second-order valence-electron chi connectivity index (χ2n) is 38.8. The highest BCUT2D eigenvalue weighted by Crippen LogP contribution is 2.36.